The maximum absolute atomic E-state index is 5.89. The lowest BCUT2D eigenvalue weighted by atomic mass is 10.1. The first-order chi connectivity index (χ1) is 18.4. The Morgan fingerprint density at radius 2 is 0.947 bits per heavy atom. The first-order valence-electron chi connectivity index (χ1n) is 12.7. The molecular formula is C32H38O6. The Morgan fingerprint density at radius 1 is 0.579 bits per heavy atom. The summed E-state index contributed by atoms with van der Waals surface area (Å²) >= 11 is 0. The van der Waals surface area contributed by atoms with Crippen LogP contribution in [0, 0.1) is 0 Å². The molecule has 0 bridgehead atoms. The monoisotopic (exact) mass is 518 g/mol. The van der Waals surface area contributed by atoms with E-state index in [1.165, 1.54) is 0 Å². The molecule has 3 aromatic carbocycles. The summed E-state index contributed by atoms with van der Waals surface area (Å²) in [6.45, 7) is 6.60. The fraction of sp³-hybridized carbons (Fsp3) is 0.312. The van der Waals surface area contributed by atoms with Gasteiger partial charge in [-0.05, 0) is 66.8 Å². The molecule has 0 aliphatic heterocycles. The van der Waals surface area contributed by atoms with Gasteiger partial charge >= 0.3 is 0 Å². The van der Waals surface area contributed by atoms with Crippen molar-refractivity contribution in [3.05, 3.63) is 70.8 Å². The van der Waals surface area contributed by atoms with Gasteiger partial charge in [-0.2, -0.15) is 0 Å². The van der Waals surface area contributed by atoms with Crippen molar-refractivity contribution in [2.24, 2.45) is 0 Å². The van der Waals surface area contributed by atoms with E-state index in [-0.39, 0.29) is 6.10 Å². The van der Waals surface area contributed by atoms with Crippen molar-refractivity contribution in [2.45, 2.75) is 33.3 Å². The Labute approximate surface area is 226 Å². The van der Waals surface area contributed by atoms with E-state index in [0.29, 0.717) is 41.1 Å². The van der Waals surface area contributed by atoms with E-state index in [1.807, 2.05) is 50.3 Å². The molecular weight excluding hydrogens is 480 g/mol. The average Bonchev–Trinajstić information content (AvgIpc) is 2.94. The average molecular weight is 519 g/mol. The van der Waals surface area contributed by atoms with Gasteiger partial charge in [0, 0.05) is 0 Å². The molecule has 0 aliphatic carbocycles. The molecule has 38 heavy (non-hydrogen) atoms. The van der Waals surface area contributed by atoms with Gasteiger partial charge in [-0.25, -0.2) is 0 Å². The minimum atomic E-state index is 0.00925. The highest BCUT2D eigenvalue weighted by atomic mass is 16.5. The number of rotatable bonds is 13. The Balaban J connectivity index is 1.77. The Kier molecular flexibility index (Phi) is 10.5. The van der Waals surface area contributed by atoms with Crippen LogP contribution in [-0.2, 0) is 0 Å². The SMILES string of the molecule is CCCOc1c(OC)cc(/C=C/c2ccc(/C=C/c3cc(OC)c(OC(C)C)c(OC)c3)cc2)cc1OC. The molecule has 3 aromatic rings. The van der Waals surface area contributed by atoms with Gasteiger partial charge in [0.1, 0.15) is 0 Å². The summed E-state index contributed by atoms with van der Waals surface area (Å²) in [5, 5.41) is 0. The van der Waals surface area contributed by atoms with Gasteiger partial charge in [0.25, 0.3) is 0 Å². The van der Waals surface area contributed by atoms with Gasteiger partial charge in [-0.1, -0.05) is 55.5 Å². The number of hydrogen-bond acceptors (Lipinski definition) is 6. The lowest BCUT2D eigenvalue weighted by molar-refractivity contribution is 0.218. The summed E-state index contributed by atoms with van der Waals surface area (Å²) < 4.78 is 33.9. The van der Waals surface area contributed by atoms with Crippen LogP contribution in [0.25, 0.3) is 24.3 Å². The molecule has 0 atom stereocenters. The van der Waals surface area contributed by atoms with Crippen molar-refractivity contribution < 1.29 is 28.4 Å². The van der Waals surface area contributed by atoms with Crippen molar-refractivity contribution in [2.75, 3.05) is 35.0 Å². The van der Waals surface area contributed by atoms with Crippen molar-refractivity contribution in [3.63, 3.8) is 0 Å². The Hall–Kier alpha value is -4.06. The number of benzene rings is 3. The second kappa shape index (κ2) is 14.0. The summed E-state index contributed by atoms with van der Waals surface area (Å²) in [7, 11) is 6.52. The zero-order valence-electron chi connectivity index (χ0n) is 23.4. The highest BCUT2D eigenvalue weighted by molar-refractivity contribution is 5.75. The number of hydrogen-bond donors (Lipinski definition) is 0. The van der Waals surface area contributed by atoms with Crippen LogP contribution in [0.3, 0.4) is 0 Å². The third-order valence-corrected chi connectivity index (χ3v) is 5.64. The van der Waals surface area contributed by atoms with E-state index < -0.39 is 0 Å². The zero-order chi connectivity index (χ0) is 27.5. The second-order valence-electron chi connectivity index (χ2n) is 8.86. The van der Waals surface area contributed by atoms with E-state index in [2.05, 4.69) is 43.3 Å². The quantitative estimate of drug-likeness (QED) is 0.217. The van der Waals surface area contributed by atoms with Gasteiger partial charge in [0.05, 0.1) is 41.2 Å². The van der Waals surface area contributed by atoms with Crippen molar-refractivity contribution in [1.82, 2.24) is 0 Å². The number of methoxy groups -OCH3 is 4. The van der Waals surface area contributed by atoms with Gasteiger partial charge < -0.3 is 28.4 Å². The molecule has 0 N–H and O–H groups in total. The van der Waals surface area contributed by atoms with Crippen molar-refractivity contribution >= 4 is 24.3 Å². The summed E-state index contributed by atoms with van der Waals surface area (Å²) in [5.74, 6) is 3.80. The van der Waals surface area contributed by atoms with E-state index in [9.17, 15) is 0 Å². The van der Waals surface area contributed by atoms with Crippen LogP contribution in [0.1, 0.15) is 49.4 Å². The third kappa shape index (κ3) is 7.48. The molecule has 0 heterocycles. The summed E-state index contributed by atoms with van der Waals surface area (Å²) in [5.41, 5.74) is 4.06. The van der Waals surface area contributed by atoms with Crippen LogP contribution >= 0.6 is 0 Å². The maximum atomic E-state index is 5.89. The molecule has 0 radical (unpaired) electrons. The minimum absolute atomic E-state index is 0.00925. The molecule has 0 saturated heterocycles. The van der Waals surface area contributed by atoms with Crippen LogP contribution in [0.5, 0.6) is 34.5 Å². The molecule has 0 fully saturated rings. The lowest BCUT2D eigenvalue weighted by Crippen LogP contribution is -2.08. The number of ether oxygens (including phenoxy) is 6. The van der Waals surface area contributed by atoms with Gasteiger partial charge in [-0.15, -0.1) is 0 Å². The normalized spacial score (nSPS) is 11.3. The molecule has 0 spiro atoms. The Bertz CT molecular complexity index is 1190. The second-order valence-corrected chi connectivity index (χ2v) is 8.86. The molecule has 202 valence electrons. The molecule has 0 aromatic heterocycles. The van der Waals surface area contributed by atoms with Crippen molar-refractivity contribution in [3.8, 4) is 34.5 Å². The van der Waals surface area contributed by atoms with Gasteiger partial charge in [-0.3, -0.25) is 0 Å². The molecule has 0 aliphatic rings. The van der Waals surface area contributed by atoms with Crippen LogP contribution in [0.2, 0.25) is 0 Å². The minimum Gasteiger partial charge on any atom is -0.493 e. The smallest absolute Gasteiger partial charge is 0.203 e. The van der Waals surface area contributed by atoms with Crippen LogP contribution < -0.4 is 28.4 Å². The highest BCUT2D eigenvalue weighted by Crippen LogP contribution is 2.40. The van der Waals surface area contributed by atoms with Gasteiger partial charge in [0.15, 0.2) is 23.0 Å². The van der Waals surface area contributed by atoms with Crippen LogP contribution in [-0.4, -0.2) is 41.2 Å². The molecule has 0 amide bonds. The highest BCUT2D eigenvalue weighted by Gasteiger charge is 2.15. The standard InChI is InChI=1S/C32H38O6/c1-8-17-37-31-27(33-4)18-25(19-28(31)34-5)15-13-23-9-11-24(12-10-23)14-16-26-20-29(35-6)32(38-22(2)3)30(21-26)36-7/h9-16,18-22H,8,17H2,1-7H3/b15-13+,16-14+. The summed E-state index contributed by atoms with van der Waals surface area (Å²) in [4.78, 5) is 0. The van der Waals surface area contributed by atoms with Crippen molar-refractivity contribution in [1.29, 1.82) is 0 Å². The van der Waals surface area contributed by atoms with Crippen LogP contribution in [0.4, 0.5) is 0 Å². The maximum Gasteiger partial charge on any atom is 0.203 e. The first-order valence-corrected chi connectivity index (χ1v) is 12.7. The van der Waals surface area contributed by atoms with Crippen LogP contribution in [0.15, 0.2) is 48.5 Å². The molecule has 6 heteroatoms. The topological polar surface area (TPSA) is 55.4 Å². The third-order valence-electron chi connectivity index (χ3n) is 5.64. The fourth-order valence-electron chi connectivity index (χ4n) is 3.79. The lowest BCUT2D eigenvalue weighted by Gasteiger charge is -2.17. The van der Waals surface area contributed by atoms with E-state index >= 15 is 0 Å². The van der Waals surface area contributed by atoms with E-state index in [1.54, 1.807) is 28.4 Å². The predicted molar refractivity (Wildman–Crippen MR) is 155 cm³/mol. The zero-order valence-corrected chi connectivity index (χ0v) is 23.4. The molecule has 3 rings (SSSR count). The Morgan fingerprint density at radius 3 is 1.29 bits per heavy atom. The summed E-state index contributed by atoms with van der Waals surface area (Å²) in [6, 6.07) is 16.1. The first kappa shape index (κ1) is 28.5. The molecule has 0 unspecified atom stereocenters. The fourth-order valence-corrected chi connectivity index (χ4v) is 3.79. The molecule has 0 saturated carbocycles. The largest absolute Gasteiger partial charge is 0.493 e. The van der Waals surface area contributed by atoms with E-state index in [0.717, 1.165) is 28.7 Å². The van der Waals surface area contributed by atoms with Gasteiger partial charge in [0.2, 0.25) is 11.5 Å². The predicted octanol–water partition coefficient (Wildman–Crippen LogP) is 7.64. The van der Waals surface area contributed by atoms with E-state index in [4.69, 9.17) is 28.4 Å². The summed E-state index contributed by atoms with van der Waals surface area (Å²) in [6.07, 6.45) is 9.07. The molecule has 6 nitrogen and oxygen atoms in total.